The molecule has 0 radical (unpaired) electrons. The standard InChI is InChI=1S/C22H23NO5S/c1-4-9-27-18-7-5-15-12-21(28-20(15)13-18)22(24)16-6-8-19-17(11-16)10-14(2)23(19)29(3,25)26/h5-8,11-14H,4,9-10H2,1-3H3/t14-/m0/s1. The average Bonchev–Trinajstić information content (AvgIpc) is 3.24. The second-order valence-corrected chi connectivity index (χ2v) is 9.30. The number of benzene rings is 2. The maximum absolute atomic E-state index is 13.0. The highest BCUT2D eigenvalue weighted by molar-refractivity contribution is 7.92. The summed E-state index contributed by atoms with van der Waals surface area (Å²) in [6.45, 7) is 4.52. The van der Waals surface area contributed by atoms with Gasteiger partial charge in [0.1, 0.15) is 11.3 Å². The van der Waals surface area contributed by atoms with Gasteiger partial charge >= 0.3 is 0 Å². The predicted octanol–water partition coefficient (Wildman–Crippen LogP) is 4.16. The van der Waals surface area contributed by atoms with Crippen molar-refractivity contribution >= 4 is 32.5 Å². The van der Waals surface area contributed by atoms with Crippen LogP contribution in [-0.2, 0) is 16.4 Å². The second-order valence-electron chi connectivity index (χ2n) is 7.44. The Hall–Kier alpha value is -2.80. The van der Waals surface area contributed by atoms with Crippen molar-refractivity contribution in [3.63, 3.8) is 0 Å². The molecule has 1 aliphatic rings. The highest BCUT2D eigenvalue weighted by Crippen LogP contribution is 2.35. The lowest BCUT2D eigenvalue weighted by atomic mass is 10.0. The Morgan fingerprint density at radius 1 is 1.21 bits per heavy atom. The maximum Gasteiger partial charge on any atom is 0.232 e. The number of ether oxygens (including phenoxy) is 1. The van der Waals surface area contributed by atoms with E-state index in [1.165, 1.54) is 10.6 Å². The highest BCUT2D eigenvalue weighted by atomic mass is 32.2. The number of ketones is 1. The van der Waals surface area contributed by atoms with E-state index < -0.39 is 10.0 Å². The van der Waals surface area contributed by atoms with Crippen LogP contribution in [0.4, 0.5) is 5.69 Å². The molecule has 0 aliphatic carbocycles. The molecule has 2 heterocycles. The number of hydrogen-bond donors (Lipinski definition) is 0. The first-order chi connectivity index (χ1) is 13.8. The molecule has 1 aromatic heterocycles. The second kappa shape index (κ2) is 7.22. The third-order valence-corrected chi connectivity index (χ3v) is 6.31. The number of fused-ring (bicyclic) bond motifs is 2. The van der Waals surface area contributed by atoms with Gasteiger partial charge in [0, 0.05) is 23.1 Å². The Bertz CT molecular complexity index is 1200. The van der Waals surface area contributed by atoms with Crippen LogP contribution in [0.2, 0.25) is 0 Å². The van der Waals surface area contributed by atoms with Crippen LogP contribution in [0.15, 0.2) is 46.9 Å². The van der Waals surface area contributed by atoms with Gasteiger partial charge in [-0.05, 0) is 61.7 Å². The average molecular weight is 413 g/mol. The summed E-state index contributed by atoms with van der Waals surface area (Å²) in [6.07, 6.45) is 2.68. The Morgan fingerprint density at radius 2 is 2.00 bits per heavy atom. The number of nitrogens with zero attached hydrogens (tertiary/aromatic N) is 1. The summed E-state index contributed by atoms with van der Waals surface area (Å²) in [7, 11) is -3.36. The van der Waals surface area contributed by atoms with E-state index in [1.54, 1.807) is 30.3 Å². The summed E-state index contributed by atoms with van der Waals surface area (Å²) >= 11 is 0. The summed E-state index contributed by atoms with van der Waals surface area (Å²) < 4.78 is 37.0. The maximum atomic E-state index is 13.0. The van der Waals surface area contributed by atoms with Gasteiger partial charge in [0.2, 0.25) is 15.8 Å². The van der Waals surface area contributed by atoms with Crippen LogP contribution in [-0.4, -0.2) is 33.1 Å². The van der Waals surface area contributed by atoms with E-state index in [0.717, 1.165) is 17.4 Å². The van der Waals surface area contributed by atoms with E-state index in [-0.39, 0.29) is 17.6 Å². The molecule has 2 aromatic carbocycles. The van der Waals surface area contributed by atoms with Gasteiger partial charge in [-0.3, -0.25) is 9.10 Å². The lowest BCUT2D eigenvalue weighted by molar-refractivity contribution is 0.101. The van der Waals surface area contributed by atoms with Gasteiger partial charge in [-0.1, -0.05) is 6.92 Å². The third kappa shape index (κ3) is 3.62. The topological polar surface area (TPSA) is 76.8 Å². The van der Waals surface area contributed by atoms with Crippen LogP contribution < -0.4 is 9.04 Å². The van der Waals surface area contributed by atoms with Crippen LogP contribution in [0.1, 0.15) is 41.9 Å². The molecule has 1 atom stereocenters. The van der Waals surface area contributed by atoms with Crippen LogP contribution in [0.3, 0.4) is 0 Å². The molecule has 1 aliphatic heterocycles. The summed E-state index contributed by atoms with van der Waals surface area (Å²) in [5.74, 6) is 0.726. The lowest BCUT2D eigenvalue weighted by Crippen LogP contribution is -2.34. The fourth-order valence-electron chi connectivity index (χ4n) is 3.82. The summed E-state index contributed by atoms with van der Waals surface area (Å²) in [6, 6.07) is 12.2. The van der Waals surface area contributed by atoms with Gasteiger partial charge in [0.25, 0.3) is 0 Å². The van der Waals surface area contributed by atoms with Gasteiger partial charge < -0.3 is 9.15 Å². The largest absolute Gasteiger partial charge is 0.493 e. The zero-order chi connectivity index (χ0) is 20.8. The van der Waals surface area contributed by atoms with Crippen molar-refractivity contribution in [2.24, 2.45) is 0 Å². The summed E-state index contributed by atoms with van der Waals surface area (Å²) in [4.78, 5) is 13.0. The van der Waals surface area contributed by atoms with E-state index in [9.17, 15) is 13.2 Å². The normalized spacial score (nSPS) is 16.2. The minimum atomic E-state index is -3.36. The zero-order valence-electron chi connectivity index (χ0n) is 16.6. The van der Waals surface area contributed by atoms with Gasteiger partial charge in [-0.2, -0.15) is 0 Å². The number of sulfonamides is 1. The molecule has 0 saturated heterocycles. The smallest absolute Gasteiger partial charge is 0.232 e. The van der Waals surface area contributed by atoms with Crippen LogP contribution in [0.25, 0.3) is 11.0 Å². The molecule has 0 bridgehead atoms. The number of rotatable bonds is 6. The van der Waals surface area contributed by atoms with Crippen molar-refractivity contribution < 1.29 is 22.4 Å². The Labute approximate surface area is 170 Å². The van der Waals surface area contributed by atoms with Crippen molar-refractivity contribution in [2.45, 2.75) is 32.7 Å². The zero-order valence-corrected chi connectivity index (χ0v) is 17.5. The van der Waals surface area contributed by atoms with Gasteiger partial charge in [-0.15, -0.1) is 0 Å². The predicted molar refractivity (Wildman–Crippen MR) is 112 cm³/mol. The first-order valence-electron chi connectivity index (χ1n) is 9.61. The number of furan rings is 1. The van der Waals surface area contributed by atoms with E-state index >= 15 is 0 Å². The molecule has 0 fully saturated rings. The fraction of sp³-hybridized carbons (Fsp3) is 0.318. The van der Waals surface area contributed by atoms with Crippen LogP contribution in [0.5, 0.6) is 5.75 Å². The quantitative estimate of drug-likeness (QED) is 0.567. The number of anilines is 1. The first kappa shape index (κ1) is 19.5. The molecule has 0 saturated carbocycles. The minimum Gasteiger partial charge on any atom is -0.493 e. The van der Waals surface area contributed by atoms with Gasteiger partial charge in [-0.25, -0.2) is 8.42 Å². The van der Waals surface area contributed by atoms with E-state index in [0.29, 0.717) is 35.6 Å². The van der Waals surface area contributed by atoms with Crippen LogP contribution in [0, 0.1) is 0 Å². The third-order valence-electron chi connectivity index (χ3n) is 5.04. The van der Waals surface area contributed by atoms with E-state index in [1.807, 2.05) is 26.0 Å². The van der Waals surface area contributed by atoms with E-state index in [4.69, 9.17) is 9.15 Å². The minimum absolute atomic E-state index is 0.168. The number of hydrogen-bond acceptors (Lipinski definition) is 5. The fourth-order valence-corrected chi connectivity index (χ4v) is 5.09. The molecule has 0 N–H and O–H groups in total. The molecule has 7 heteroatoms. The molecule has 0 unspecified atom stereocenters. The van der Waals surface area contributed by atoms with Crippen molar-refractivity contribution in [2.75, 3.05) is 17.2 Å². The molecule has 0 spiro atoms. The first-order valence-corrected chi connectivity index (χ1v) is 11.5. The number of carbonyl (C=O) groups excluding carboxylic acids is 1. The molecule has 3 aromatic rings. The lowest BCUT2D eigenvalue weighted by Gasteiger charge is -2.21. The molecule has 6 nitrogen and oxygen atoms in total. The monoisotopic (exact) mass is 413 g/mol. The Morgan fingerprint density at radius 3 is 2.72 bits per heavy atom. The molecular formula is C22H23NO5S. The molecular weight excluding hydrogens is 390 g/mol. The molecule has 0 amide bonds. The Kier molecular flexibility index (Phi) is 4.86. The van der Waals surface area contributed by atoms with Crippen molar-refractivity contribution in [1.29, 1.82) is 0 Å². The van der Waals surface area contributed by atoms with E-state index in [2.05, 4.69) is 0 Å². The number of carbonyl (C=O) groups is 1. The summed E-state index contributed by atoms with van der Waals surface area (Å²) in [5, 5.41) is 0.829. The SMILES string of the molecule is CCCOc1ccc2cc(C(=O)c3ccc4c(c3)C[C@H](C)N4S(C)(=O)=O)oc2c1. The molecule has 4 rings (SSSR count). The Balaban J connectivity index is 1.64. The van der Waals surface area contributed by atoms with Gasteiger partial charge in [0.05, 0.1) is 18.6 Å². The molecule has 152 valence electrons. The van der Waals surface area contributed by atoms with Crippen LogP contribution >= 0.6 is 0 Å². The van der Waals surface area contributed by atoms with Crippen molar-refractivity contribution in [1.82, 2.24) is 0 Å². The van der Waals surface area contributed by atoms with Crippen molar-refractivity contribution in [3.05, 3.63) is 59.4 Å². The summed E-state index contributed by atoms with van der Waals surface area (Å²) in [5.41, 5.74) is 2.56. The molecule has 29 heavy (non-hydrogen) atoms. The van der Waals surface area contributed by atoms with Gasteiger partial charge in [0.15, 0.2) is 5.76 Å². The van der Waals surface area contributed by atoms with Crippen molar-refractivity contribution in [3.8, 4) is 5.75 Å². The highest BCUT2D eigenvalue weighted by Gasteiger charge is 2.33.